The van der Waals surface area contributed by atoms with Gasteiger partial charge < -0.3 is 29.0 Å². The summed E-state index contributed by atoms with van der Waals surface area (Å²) in [6, 6.07) is 5.55. The van der Waals surface area contributed by atoms with Gasteiger partial charge >= 0.3 is 15.1 Å². The molecule has 2 aliphatic heterocycles. The highest BCUT2D eigenvalue weighted by Gasteiger charge is 2.32. The molecule has 0 saturated heterocycles. The molecule has 2 fully saturated rings. The van der Waals surface area contributed by atoms with Gasteiger partial charge in [0.2, 0.25) is 5.82 Å². The van der Waals surface area contributed by atoms with Crippen LogP contribution in [0.4, 0.5) is 59.2 Å². The van der Waals surface area contributed by atoms with Crippen LogP contribution in [-0.2, 0) is 0 Å². The number of benzene rings is 2. The Kier molecular flexibility index (Phi) is 24.6. The molecular formula is C40H55B2F13N4-2. The first-order chi connectivity index (χ1) is 27.1. The second-order valence-electron chi connectivity index (χ2n) is 15.1. The van der Waals surface area contributed by atoms with Gasteiger partial charge in [-0.25, -0.2) is 22.0 Å². The summed E-state index contributed by atoms with van der Waals surface area (Å²) in [5.74, 6) is -9.53. The molecule has 0 bridgehead atoms. The molecule has 2 heterocycles. The lowest BCUT2D eigenvalue weighted by molar-refractivity contribution is -0.00100. The largest absolute Gasteiger partial charge is 1.00 e. The molecule has 19 heteroatoms. The lowest BCUT2D eigenvalue weighted by atomic mass is 9.97. The Morgan fingerprint density at radius 2 is 0.695 bits per heavy atom. The van der Waals surface area contributed by atoms with Crippen molar-refractivity contribution in [2.45, 2.75) is 142 Å². The predicted molar refractivity (Wildman–Crippen MR) is 208 cm³/mol. The molecule has 0 N–H and O–H groups in total. The molecule has 4 aliphatic rings. The van der Waals surface area contributed by atoms with Gasteiger partial charge in [0.1, 0.15) is 5.69 Å². The molecule has 59 heavy (non-hydrogen) atoms. The van der Waals surface area contributed by atoms with Crippen molar-refractivity contribution in [1.82, 2.24) is 9.80 Å². The lowest BCUT2D eigenvalue weighted by Gasteiger charge is -2.30. The number of nitrogens with zero attached hydrogens (tertiary/aromatic N) is 4. The van der Waals surface area contributed by atoms with E-state index in [1.807, 2.05) is 4.90 Å². The maximum atomic E-state index is 14.1. The number of rotatable bonds is 4. The fourth-order valence-corrected chi connectivity index (χ4v) is 8.17. The molecule has 0 aromatic heterocycles. The number of aryl methyl sites for hydroxylation is 3. The van der Waals surface area contributed by atoms with Gasteiger partial charge in [-0.3, -0.25) is 25.9 Å². The van der Waals surface area contributed by atoms with E-state index in [1.54, 1.807) is 6.20 Å². The van der Waals surface area contributed by atoms with E-state index in [4.69, 9.17) is 0 Å². The number of anilines is 2. The predicted octanol–water partition coefficient (Wildman–Crippen LogP) is 7.26. The molecule has 334 valence electrons. The van der Waals surface area contributed by atoms with E-state index in [2.05, 4.69) is 55.1 Å². The monoisotopic (exact) mass is 860 g/mol. The summed E-state index contributed by atoms with van der Waals surface area (Å²) in [6.07, 6.45) is 28.8. The molecule has 2 aromatic rings. The van der Waals surface area contributed by atoms with Gasteiger partial charge in [0.25, 0.3) is 0 Å². The highest BCUT2D eigenvalue weighted by atomic mass is 19.4. The van der Waals surface area contributed by atoms with E-state index >= 15 is 0 Å². The number of hydrogen-bond acceptors (Lipinski definition) is 4. The van der Waals surface area contributed by atoms with Crippen LogP contribution in [0.15, 0.2) is 36.9 Å². The Hall–Kier alpha value is -3.66. The molecule has 0 radical (unpaired) electrons. The highest BCUT2D eigenvalue weighted by Crippen LogP contribution is 2.34. The molecule has 0 atom stereocenters. The smallest absolute Gasteiger partial charge is 0.762 e. The molecule has 0 unspecified atom stereocenters. The minimum atomic E-state index is -3.67. The van der Waals surface area contributed by atoms with Crippen LogP contribution < -0.4 is 19.2 Å². The van der Waals surface area contributed by atoms with Crippen molar-refractivity contribution in [3.8, 4) is 0 Å². The lowest BCUT2D eigenvalue weighted by Crippen LogP contribution is -3.00. The van der Waals surface area contributed by atoms with Crippen LogP contribution in [0.25, 0.3) is 0 Å². The summed E-state index contributed by atoms with van der Waals surface area (Å²) < 4.78 is 127. The van der Waals surface area contributed by atoms with Crippen molar-refractivity contribution in [2.24, 2.45) is 0 Å². The summed E-state index contributed by atoms with van der Waals surface area (Å²) in [4.78, 5) is 8.05. The second-order valence-corrected chi connectivity index (χ2v) is 15.1. The van der Waals surface area contributed by atoms with Crippen LogP contribution in [0.5, 0.6) is 0 Å². The molecule has 4 nitrogen and oxygen atoms in total. The normalized spacial score (nSPS) is 17.7. The van der Waals surface area contributed by atoms with Crippen molar-refractivity contribution in [3.63, 3.8) is 0 Å². The fourth-order valence-electron chi connectivity index (χ4n) is 8.17. The minimum Gasteiger partial charge on any atom is -1.00 e. The topological polar surface area (TPSA) is 13.0 Å². The Morgan fingerprint density at radius 3 is 1.02 bits per heavy atom. The summed E-state index contributed by atoms with van der Waals surface area (Å²) >= 11 is 0. The van der Waals surface area contributed by atoms with Crippen LogP contribution in [0.1, 0.15) is 126 Å². The van der Waals surface area contributed by atoms with E-state index in [1.165, 1.54) is 99.2 Å². The first-order valence-electron chi connectivity index (χ1n) is 20.0. The zero-order chi connectivity index (χ0) is 42.1. The molecular weight excluding hydrogens is 805 g/mol. The van der Waals surface area contributed by atoms with Crippen molar-refractivity contribution < 1.29 is 57.3 Å². The van der Waals surface area contributed by atoms with Crippen molar-refractivity contribution >= 4 is 26.5 Å². The molecule has 2 aromatic carbocycles. The van der Waals surface area contributed by atoms with E-state index in [0.717, 1.165) is 56.1 Å². The first-order valence-corrected chi connectivity index (χ1v) is 20.0. The van der Waals surface area contributed by atoms with Gasteiger partial charge in [-0.1, -0.05) is 101 Å². The first kappa shape index (κ1) is 53.4. The maximum absolute atomic E-state index is 14.1. The zero-order valence-electron chi connectivity index (χ0n) is 33.9. The van der Waals surface area contributed by atoms with E-state index in [-0.39, 0.29) is 22.1 Å². The summed E-state index contributed by atoms with van der Waals surface area (Å²) in [5.41, 5.74) is 4.65. The van der Waals surface area contributed by atoms with Crippen LogP contribution >= 0.6 is 0 Å². The van der Waals surface area contributed by atoms with Gasteiger partial charge in [-0.15, -0.1) is 0 Å². The van der Waals surface area contributed by atoms with Crippen LogP contribution in [0.3, 0.4) is 0 Å². The van der Waals surface area contributed by atoms with E-state index in [0.29, 0.717) is 0 Å². The highest BCUT2D eigenvalue weighted by molar-refractivity contribution is 6.33. The Labute approximate surface area is 341 Å². The third-order valence-electron chi connectivity index (χ3n) is 10.7. The van der Waals surface area contributed by atoms with Gasteiger partial charge in [0, 0.05) is 42.6 Å². The molecule has 6 rings (SSSR count). The van der Waals surface area contributed by atoms with Crippen LogP contribution in [0, 0.1) is 49.9 Å². The van der Waals surface area contributed by atoms with E-state index in [9.17, 15) is 47.8 Å². The van der Waals surface area contributed by atoms with Crippen LogP contribution in [0.2, 0.25) is 0 Å². The molecule has 2 saturated carbocycles. The standard InChI is InChI=1S/C21H27F5N2.C19H28N2.2BF3.2FH/c22-16-17(23)19(25)21(20(26)18(16)24)28-13-12-27(14-28)15-10-8-6-4-2-1-3-5-7-9-11-15;1-15-12-16(2)19(17(3)13-15)21-11-10-20(14-21)18-8-6-4-5-7-9-18;2*2-1(3)4;;/h12-13,15H,1-11,14H2;10-13,18H,4-9,14H2,1-3H3;;;2*1H/p-2. The third kappa shape index (κ3) is 17.1. The summed E-state index contributed by atoms with van der Waals surface area (Å²) in [6.45, 7) is 7.76. The fraction of sp³-hybridized carbons (Fsp3) is 0.600. The average Bonchev–Trinajstić information content (AvgIpc) is 3.73. The average molecular weight is 861 g/mol. The van der Waals surface area contributed by atoms with E-state index < -0.39 is 49.9 Å². The summed E-state index contributed by atoms with van der Waals surface area (Å²) in [5, 5.41) is 0. The molecule has 2 aliphatic carbocycles. The van der Waals surface area contributed by atoms with Gasteiger partial charge in [0.05, 0.1) is 13.3 Å². The second kappa shape index (κ2) is 27.2. The SMILES string of the molecule is Cc1cc(C)c(N2C=CN(C3CCCCCC3)C2)c(C)c1.FB(F)F.FB(F)F.Fc1c(F)c(F)c(N2C=CN(C3CCCCCCCCCCC3)C2)c(F)c1F.[F-].[F-]. The zero-order valence-corrected chi connectivity index (χ0v) is 33.9. The minimum absolute atomic E-state index is 0. The van der Waals surface area contributed by atoms with Crippen molar-refractivity contribution in [2.75, 3.05) is 23.1 Å². The quantitative estimate of drug-likeness (QED) is 0.106. The Balaban J connectivity index is 0.000000496. The molecule has 0 amide bonds. The number of hydrogen-bond donors (Lipinski definition) is 0. The molecule has 0 spiro atoms. The van der Waals surface area contributed by atoms with Gasteiger partial charge in [0.15, 0.2) is 23.3 Å². The third-order valence-corrected chi connectivity index (χ3v) is 10.7. The number of halogens is 13. The Bertz CT molecular complexity index is 1500. The summed E-state index contributed by atoms with van der Waals surface area (Å²) in [7, 11) is -7.33. The van der Waals surface area contributed by atoms with Crippen molar-refractivity contribution in [3.05, 3.63) is 82.7 Å². The van der Waals surface area contributed by atoms with Crippen LogP contribution in [-0.4, -0.2) is 50.3 Å². The van der Waals surface area contributed by atoms with Gasteiger partial charge in [-0.2, -0.15) is 0 Å². The maximum Gasteiger partial charge on any atom is 0.762 e. The van der Waals surface area contributed by atoms with Gasteiger partial charge in [-0.05, 0) is 57.6 Å². The Morgan fingerprint density at radius 1 is 0.424 bits per heavy atom. The van der Waals surface area contributed by atoms with Crippen molar-refractivity contribution in [1.29, 1.82) is 0 Å².